The second-order valence-corrected chi connectivity index (χ2v) is 6.98. The van der Waals surface area contributed by atoms with E-state index in [4.69, 9.17) is 21.1 Å². The smallest absolute Gasteiger partial charge is 0.179 e. The number of nitrogens with one attached hydrogen (secondary N) is 1. The maximum atomic E-state index is 6.53. The highest BCUT2D eigenvalue weighted by molar-refractivity contribution is 6.32. The van der Waals surface area contributed by atoms with Crippen molar-refractivity contribution in [2.75, 3.05) is 32.8 Å². The van der Waals surface area contributed by atoms with E-state index >= 15 is 0 Å². The van der Waals surface area contributed by atoms with E-state index in [0.29, 0.717) is 29.9 Å². The lowest BCUT2D eigenvalue weighted by Gasteiger charge is -2.33. The number of halogens is 1. The van der Waals surface area contributed by atoms with Gasteiger partial charge in [-0.3, -0.25) is 0 Å². The Labute approximate surface area is 155 Å². The van der Waals surface area contributed by atoms with Crippen LogP contribution in [0.5, 0.6) is 11.5 Å². The van der Waals surface area contributed by atoms with Gasteiger partial charge in [-0.1, -0.05) is 25.4 Å². The zero-order chi connectivity index (χ0) is 17.8. The van der Waals surface area contributed by atoms with Crippen LogP contribution in [0.4, 0.5) is 0 Å². The lowest BCUT2D eigenvalue weighted by Crippen LogP contribution is -2.41. The van der Waals surface area contributed by atoms with Gasteiger partial charge in [0.1, 0.15) is 0 Å². The molecule has 2 heterocycles. The molecule has 1 aromatic rings. The van der Waals surface area contributed by atoms with Crippen LogP contribution in [0.25, 0.3) is 0 Å². The number of hydrogen-bond donors (Lipinski definition) is 1. The number of rotatable bonds is 7. The normalized spacial score (nSPS) is 23.0. The molecule has 0 aromatic heterocycles. The van der Waals surface area contributed by atoms with Crippen LogP contribution in [0.2, 0.25) is 5.02 Å². The van der Waals surface area contributed by atoms with E-state index in [1.807, 2.05) is 13.0 Å². The molecule has 2 aliphatic heterocycles. The molecule has 1 fully saturated rings. The van der Waals surface area contributed by atoms with Crippen molar-refractivity contribution in [1.82, 2.24) is 10.3 Å². The molecule has 5 nitrogen and oxygen atoms in total. The van der Waals surface area contributed by atoms with Crippen molar-refractivity contribution < 1.29 is 9.47 Å². The number of hydrogen-bond acceptors (Lipinski definition) is 5. The predicted octanol–water partition coefficient (Wildman–Crippen LogP) is 3.87. The van der Waals surface area contributed by atoms with Crippen LogP contribution in [-0.2, 0) is 0 Å². The molecule has 25 heavy (non-hydrogen) atoms. The second kappa shape index (κ2) is 8.28. The van der Waals surface area contributed by atoms with E-state index in [0.717, 1.165) is 43.8 Å². The monoisotopic (exact) mass is 365 g/mol. The SMILES string of the molecule is CCCOc1c(Cl)cc(C2NN=C3CCN(CC)CC32)cc1OCC. The van der Waals surface area contributed by atoms with Crippen molar-refractivity contribution in [3.8, 4) is 11.5 Å². The molecule has 2 atom stereocenters. The molecule has 0 aliphatic carbocycles. The van der Waals surface area contributed by atoms with Crippen LogP contribution >= 0.6 is 11.6 Å². The van der Waals surface area contributed by atoms with Gasteiger partial charge >= 0.3 is 0 Å². The zero-order valence-electron chi connectivity index (χ0n) is 15.3. The fraction of sp³-hybridized carbons (Fsp3) is 0.632. The molecule has 0 spiro atoms. The number of benzene rings is 1. The Balaban J connectivity index is 1.87. The van der Waals surface area contributed by atoms with Crippen molar-refractivity contribution in [2.24, 2.45) is 11.0 Å². The third kappa shape index (κ3) is 3.87. The average Bonchev–Trinajstić information content (AvgIpc) is 3.04. The fourth-order valence-corrected chi connectivity index (χ4v) is 3.85. The largest absolute Gasteiger partial charge is 0.490 e. The molecule has 0 radical (unpaired) electrons. The summed E-state index contributed by atoms with van der Waals surface area (Å²) in [6, 6.07) is 4.19. The number of nitrogens with zero attached hydrogens (tertiary/aromatic N) is 2. The Morgan fingerprint density at radius 1 is 1.28 bits per heavy atom. The van der Waals surface area contributed by atoms with Crippen LogP contribution in [0, 0.1) is 5.92 Å². The molecular formula is C19H28ClN3O2. The first-order valence-corrected chi connectivity index (χ1v) is 9.69. The minimum Gasteiger partial charge on any atom is -0.490 e. The molecule has 0 amide bonds. The highest BCUT2D eigenvalue weighted by Crippen LogP contribution is 2.41. The maximum Gasteiger partial charge on any atom is 0.179 e. The molecule has 2 unspecified atom stereocenters. The summed E-state index contributed by atoms with van der Waals surface area (Å²) >= 11 is 6.53. The van der Waals surface area contributed by atoms with Crippen molar-refractivity contribution in [1.29, 1.82) is 0 Å². The van der Waals surface area contributed by atoms with E-state index in [2.05, 4.69) is 35.3 Å². The van der Waals surface area contributed by atoms with Gasteiger partial charge < -0.3 is 19.8 Å². The van der Waals surface area contributed by atoms with E-state index in [9.17, 15) is 0 Å². The van der Waals surface area contributed by atoms with Gasteiger partial charge in [0, 0.05) is 31.1 Å². The van der Waals surface area contributed by atoms with Crippen molar-refractivity contribution in [2.45, 2.75) is 39.7 Å². The van der Waals surface area contributed by atoms with Gasteiger partial charge in [-0.05, 0) is 37.6 Å². The fourth-order valence-electron chi connectivity index (χ4n) is 3.58. The molecule has 1 saturated heterocycles. The summed E-state index contributed by atoms with van der Waals surface area (Å²) < 4.78 is 11.6. The summed E-state index contributed by atoms with van der Waals surface area (Å²) in [5.74, 6) is 1.76. The van der Waals surface area contributed by atoms with Crippen LogP contribution < -0.4 is 14.9 Å². The van der Waals surface area contributed by atoms with E-state index < -0.39 is 0 Å². The van der Waals surface area contributed by atoms with E-state index in [-0.39, 0.29) is 6.04 Å². The number of fused-ring (bicyclic) bond motifs is 1. The molecule has 2 aliphatic rings. The number of ether oxygens (including phenoxy) is 2. The molecule has 138 valence electrons. The first kappa shape index (κ1) is 18.3. The predicted molar refractivity (Wildman–Crippen MR) is 102 cm³/mol. The van der Waals surface area contributed by atoms with Crippen molar-refractivity contribution in [3.05, 3.63) is 22.7 Å². The minimum atomic E-state index is 0.140. The molecule has 0 saturated carbocycles. The molecule has 1 N–H and O–H groups in total. The van der Waals surface area contributed by atoms with Crippen molar-refractivity contribution in [3.63, 3.8) is 0 Å². The highest BCUT2D eigenvalue weighted by Gasteiger charge is 2.37. The lowest BCUT2D eigenvalue weighted by molar-refractivity contribution is 0.238. The molecular weight excluding hydrogens is 338 g/mol. The first-order valence-electron chi connectivity index (χ1n) is 9.31. The zero-order valence-corrected chi connectivity index (χ0v) is 16.1. The number of likely N-dealkylation sites (tertiary alicyclic amines) is 1. The van der Waals surface area contributed by atoms with Gasteiger partial charge in [0.05, 0.1) is 24.3 Å². The molecule has 6 heteroatoms. The number of hydrazone groups is 1. The van der Waals surface area contributed by atoms with Gasteiger partial charge in [-0.25, -0.2) is 0 Å². The Bertz CT molecular complexity index is 635. The summed E-state index contributed by atoms with van der Waals surface area (Å²) in [4.78, 5) is 2.48. The third-order valence-electron chi connectivity index (χ3n) is 4.91. The Hall–Kier alpha value is -1.46. The van der Waals surface area contributed by atoms with Gasteiger partial charge in [-0.15, -0.1) is 0 Å². The Morgan fingerprint density at radius 2 is 2.12 bits per heavy atom. The average molecular weight is 366 g/mol. The summed E-state index contributed by atoms with van der Waals surface area (Å²) in [5.41, 5.74) is 5.71. The summed E-state index contributed by atoms with van der Waals surface area (Å²) in [5, 5.41) is 5.19. The molecule has 0 bridgehead atoms. The van der Waals surface area contributed by atoms with Crippen molar-refractivity contribution >= 4 is 17.3 Å². The quantitative estimate of drug-likeness (QED) is 0.796. The Kier molecular flexibility index (Phi) is 6.07. The third-order valence-corrected chi connectivity index (χ3v) is 5.19. The Morgan fingerprint density at radius 3 is 2.84 bits per heavy atom. The van der Waals surface area contributed by atoms with E-state index in [1.54, 1.807) is 0 Å². The minimum absolute atomic E-state index is 0.140. The van der Waals surface area contributed by atoms with Crippen LogP contribution in [0.15, 0.2) is 17.2 Å². The molecule has 3 rings (SSSR count). The standard InChI is InChI=1S/C19H28ClN3O2/c1-4-9-25-19-15(20)10-13(11-17(19)24-6-3)18-14-12-23(5-2)8-7-16(14)21-22-18/h10-11,14,18,22H,4-9,12H2,1-3H3. The number of piperidine rings is 1. The highest BCUT2D eigenvalue weighted by atomic mass is 35.5. The van der Waals surface area contributed by atoms with Crippen LogP contribution in [0.3, 0.4) is 0 Å². The van der Waals surface area contributed by atoms with Gasteiger partial charge in [-0.2, -0.15) is 5.10 Å². The van der Waals surface area contributed by atoms with Gasteiger partial charge in [0.15, 0.2) is 11.5 Å². The molecule has 1 aromatic carbocycles. The summed E-state index contributed by atoms with van der Waals surface area (Å²) in [6.07, 6.45) is 1.96. The van der Waals surface area contributed by atoms with Gasteiger partial charge in [0.2, 0.25) is 0 Å². The van der Waals surface area contributed by atoms with Crippen LogP contribution in [0.1, 0.15) is 45.2 Å². The topological polar surface area (TPSA) is 46.1 Å². The maximum absolute atomic E-state index is 6.53. The first-order chi connectivity index (χ1) is 12.2. The lowest BCUT2D eigenvalue weighted by atomic mass is 9.86. The second-order valence-electron chi connectivity index (χ2n) is 6.57. The van der Waals surface area contributed by atoms with E-state index in [1.165, 1.54) is 5.71 Å². The summed E-state index contributed by atoms with van der Waals surface area (Å²) in [6.45, 7) is 10.7. The van der Waals surface area contributed by atoms with Gasteiger partial charge in [0.25, 0.3) is 0 Å². The summed E-state index contributed by atoms with van der Waals surface area (Å²) in [7, 11) is 0. The van der Waals surface area contributed by atoms with Crippen LogP contribution in [-0.4, -0.2) is 43.5 Å².